The molecule has 0 aromatic carbocycles. The molecule has 0 bridgehead atoms. The molecule has 0 radical (unpaired) electrons. The molecule has 144 valence electrons. The van der Waals surface area contributed by atoms with Crippen LogP contribution in [0.4, 0.5) is 0 Å². The molecular formula is C21H31NO4. The predicted octanol–water partition coefficient (Wildman–Crippen LogP) is 3.60. The minimum atomic E-state index is -0.156. The number of hydrogen-bond donors (Lipinski definition) is 0. The zero-order chi connectivity index (χ0) is 18.9. The first-order valence-electron chi connectivity index (χ1n) is 9.45. The van der Waals surface area contributed by atoms with Crippen LogP contribution in [0, 0.1) is 11.8 Å². The molecule has 1 heterocycles. The van der Waals surface area contributed by atoms with Crippen LogP contribution in [0.3, 0.4) is 0 Å². The summed E-state index contributed by atoms with van der Waals surface area (Å²) in [5, 5.41) is 0. The summed E-state index contributed by atoms with van der Waals surface area (Å²) in [6.45, 7) is 11.2. The third-order valence-electron chi connectivity index (χ3n) is 3.86. The zero-order valence-corrected chi connectivity index (χ0v) is 16.5. The van der Waals surface area contributed by atoms with E-state index in [1.165, 1.54) is 0 Å². The first kappa shape index (κ1) is 20.7. The fourth-order valence-electron chi connectivity index (χ4n) is 2.55. The Bertz CT molecular complexity index is 582. The molecule has 1 saturated carbocycles. The van der Waals surface area contributed by atoms with E-state index in [9.17, 15) is 0 Å². The molecule has 1 atom stereocenters. The molecule has 1 aliphatic carbocycles. The molecule has 5 nitrogen and oxygen atoms in total. The van der Waals surface area contributed by atoms with Crippen molar-refractivity contribution in [3.05, 3.63) is 24.0 Å². The Kier molecular flexibility index (Phi) is 8.37. The molecule has 0 saturated heterocycles. The highest BCUT2D eigenvalue weighted by Crippen LogP contribution is 2.28. The van der Waals surface area contributed by atoms with Gasteiger partial charge in [-0.2, -0.15) is 0 Å². The zero-order valence-electron chi connectivity index (χ0n) is 16.5. The third-order valence-corrected chi connectivity index (χ3v) is 3.86. The van der Waals surface area contributed by atoms with Gasteiger partial charge in [0.2, 0.25) is 0 Å². The molecule has 1 aromatic rings. The molecule has 0 amide bonds. The average Bonchev–Trinajstić information content (AvgIpc) is 2.55. The van der Waals surface area contributed by atoms with Crippen molar-refractivity contribution < 1.29 is 18.9 Å². The Labute approximate surface area is 157 Å². The van der Waals surface area contributed by atoms with Gasteiger partial charge < -0.3 is 18.9 Å². The van der Waals surface area contributed by atoms with E-state index in [4.69, 9.17) is 18.9 Å². The molecule has 1 unspecified atom stereocenters. The van der Waals surface area contributed by atoms with E-state index in [0.717, 1.165) is 18.6 Å². The summed E-state index contributed by atoms with van der Waals surface area (Å²) in [4.78, 5) is 4.34. The second-order valence-electron chi connectivity index (χ2n) is 7.10. The minimum Gasteiger partial charge on any atom is -0.489 e. The molecule has 1 aromatic heterocycles. The predicted molar refractivity (Wildman–Crippen MR) is 101 cm³/mol. The number of rotatable bonds is 9. The molecule has 0 N–H and O–H groups in total. The summed E-state index contributed by atoms with van der Waals surface area (Å²) in [7, 11) is 0. The van der Waals surface area contributed by atoms with Crippen molar-refractivity contribution in [2.45, 2.75) is 78.0 Å². The third kappa shape index (κ3) is 7.74. The first-order valence-corrected chi connectivity index (χ1v) is 9.45. The summed E-state index contributed by atoms with van der Waals surface area (Å²) in [6, 6.07) is 3.79. The van der Waals surface area contributed by atoms with Crippen LogP contribution in [0.25, 0.3) is 0 Å². The summed E-state index contributed by atoms with van der Waals surface area (Å²) in [5.41, 5.74) is 0.709. The molecule has 26 heavy (non-hydrogen) atoms. The topological polar surface area (TPSA) is 49.8 Å². The van der Waals surface area contributed by atoms with Gasteiger partial charge in [0.1, 0.15) is 23.7 Å². The van der Waals surface area contributed by atoms with Gasteiger partial charge in [-0.05, 0) is 52.7 Å². The van der Waals surface area contributed by atoms with Gasteiger partial charge in [-0.25, -0.2) is 4.98 Å². The highest BCUT2D eigenvalue weighted by molar-refractivity contribution is 5.32. The van der Waals surface area contributed by atoms with Crippen LogP contribution in [0.1, 0.15) is 53.2 Å². The van der Waals surface area contributed by atoms with Crippen LogP contribution in [-0.2, 0) is 14.2 Å². The maximum absolute atomic E-state index is 5.90. The lowest BCUT2D eigenvalue weighted by molar-refractivity contribution is -0.0850. The van der Waals surface area contributed by atoms with Gasteiger partial charge in [0.05, 0.1) is 37.7 Å². The van der Waals surface area contributed by atoms with Crippen molar-refractivity contribution in [2.24, 2.45) is 0 Å². The standard InChI is InChI=1S/C21H31NO4/c1-15(2)23-10-11-24-17(5)6-7-18-8-9-19(14-22-18)26-21-12-20(13-21)25-16(3)4/h8-9,14-17,20-21H,10-13H2,1-5H3. The summed E-state index contributed by atoms with van der Waals surface area (Å²) in [6.07, 6.45) is 4.49. The van der Waals surface area contributed by atoms with E-state index in [1.807, 2.05) is 32.9 Å². The van der Waals surface area contributed by atoms with Crippen molar-refractivity contribution in [3.8, 4) is 17.6 Å². The van der Waals surface area contributed by atoms with Crippen LogP contribution >= 0.6 is 0 Å². The number of hydrogen-bond acceptors (Lipinski definition) is 5. The van der Waals surface area contributed by atoms with Crippen molar-refractivity contribution >= 4 is 0 Å². The molecule has 5 heteroatoms. The van der Waals surface area contributed by atoms with Crippen LogP contribution in [0.2, 0.25) is 0 Å². The normalized spacial score (nSPS) is 20.4. The lowest BCUT2D eigenvalue weighted by atomic mass is 9.92. The monoisotopic (exact) mass is 361 g/mol. The first-order chi connectivity index (χ1) is 12.4. The summed E-state index contributed by atoms with van der Waals surface area (Å²) >= 11 is 0. The smallest absolute Gasteiger partial charge is 0.138 e. The van der Waals surface area contributed by atoms with Gasteiger partial charge in [-0.1, -0.05) is 5.92 Å². The summed E-state index contributed by atoms with van der Waals surface area (Å²) in [5.74, 6) is 6.85. The Hall–Kier alpha value is -1.61. The van der Waals surface area contributed by atoms with Crippen molar-refractivity contribution in [1.82, 2.24) is 4.98 Å². The molecular weight excluding hydrogens is 330 g/mol. The maximum Gasteiger partial charge on any atom is 0.138 e. The Morgan fingerprint density at radius 3 is 2.35 bits per heavy atom. The Morgan fingerprint density at radius 1 is 1.00 bits per heavy atom. The Morgan fingerprint density at radius 2 is 1.73 bits per heavy atom. The van der Waals surface area contributed by atoms with Gasteiger partial charge in [0.15, 0.2) is 0 Å². The number of pyridine rings is 1. The SMILES string of the molecule is CC(C)OCCOC(C)C#Cc1ccc(OC2CC(OC(C)C)C2)cn1. The molecule has 2 rings (SSSR count). The van der Waals surface area contributed by atoms with Crippen LogP contribution < -0.4 is 4.74 Å². The molecule has 0 spiro atoms. The Balaban J connectivity index is 1.69. The fourth-order valence-corrected chi connectivity index (χ4v) is 2.55. The fraction of sp³-hybridized carbons (Fsp3) is 0.667. The molecule has 0 aliphatic heterocycles. The quantitative estimate of drug-likeness (QED) is 0.497. The van der Waals surface area contributed by atoms with E-state index in [1.54, 1.807) is 6.20 Å². The van der Waals surface area contributed by atoms with Crippen molar-refractivity contribution in [3.63, 3.8) is 0 Å². The van der Waals surface area contributed by atoms with Gasteiger partial charge in [0.25, 0.3) is 0 Å². The van der Waals surface area contributed by atoms with Gasteiger partial charge in [-0.3, -0.25) is 0 Å². The minimum absolute atomic E-state index is 0.156. The number of ether oxygens (including phenoxy) is 4. The number of nitrogens with zero attached hydrogens (tertiary/aromatic N) is 1. The van der Waals surface area contributed by atoms with Gasteiger partial charge >= 0.3 is 0 Å². The van der Waals surface area contributed by atoms with E-state index in [2.05, 4.69) is 30.7 Å². The molecule has 1 aliphatic rings. The van der Waals surface area contributed by atoms with Gasteiger partial charge in [0, 0.05) is 12.8 Å². The van der Waals surface area contributed by atoms with Crippen LogP contribution in [0.5, 0.6) is 5.75 Å². The second-order valence-corrected chi connectivity index (χ2v) is 7.10. The van der Waals surface area contributed by atoms with E-state index in [0.29, 0.717) is 25.0 Å². The second kappa shape index (κ2) is 10.5. The van der Waals surface area contributed by atoms with E-state index >= 15 is 0 Å². The summed E-state index contributed by atoms with van der Waals surface area (Å²) < 4.78 is 22.7. The van der Waals surface area contributed by atoms with Crippen molar-refractivity contribution in [1.29, 1.82) is 0 Å². The van der Waals surface area contributed by atoms with Crippen LogP contribution in [-0.4, -0.2) is 48.7 Å². The van der Waals surface area contributed by atoms with Crippen molar-refractivity contribution in [2.75, 3.05) is 13.2 Å². The lowest BCUT2D eigenvalue weighted by Crippen LogP contribution is -2.40. The van der Waals surface area contributed by atoms with E-state index in [-0.39, 0.29) is 24.4 Å². The molecule has 1 fully saturated rings. The van der Waals surface area contributed by atoms with Crippen LogP contribution in [0.15, 0.2) is 18.3 Å². The number of aromatic nitrogens is 1. The van der Waals surface area contributed by atoms with E-state index < -0.39 is 0 Å². The average molecular weight is 361 g/mol. The lowest BCUT2D eigenvalue weighted by Gasteiger charge is -2.36. The highest BCUT2D eigenvalue weighted by Gasteiger charge is 2.32. The maximum atomic E-state index is 5.90. The highest BCUT2D eigenvalue weighted by atomic mass is 16.5. The largest absolute Gasteiger partial charge is 0.489 e. The van der Waals surface area contributed by atoms with Gasteiger partial charge in [-0.15, -0.1) is 0 Å².